The van der Waals surface area contributed by atoms with Gasteiger partial charge in [0, 0.05) is 5.69 Å². The van der Waals surface area contributed by atoms with Crippen LogP contribution in [-0.2, 0) is 0 Å². The zero-order valence-electron chi connectivity index (χ0n) is 12.7. The van der Waals surface area contributed by atoms with Gasteiger partial charge in [0.15, 0.2) is 10.4 Å². The Kier molecular flexibility index (Phi) is 4.29. The second-order valence-electron chi connectivity index (χ2n) is 5.33. The minimum Gasteiger partial charge on any atom is -0.444 e. The second-order valence-corrected chi connectivity index (χ2v) is 6.12. The lowest BCUT2D eigenvalue weighted by Crippen LogP contribution is -2.11. The Morgan fingerprint density at radius 3 is 2.83 bits per heavy atom. The third kappa shape index (κ3) is 3.34. The van der Waals surface area contributed by atoms with Crippen molar-refractivity contribution < 1.29 is 9.21 Å². The minimum absolute atomic E-state index is 0.242. The van der Waals surface area contributed by atoms with E-state index in [0.717, 1.165) is 11.4 Å². The molecule has 0 atom stereocenters. The van der Waals surface area contributed by atoms with Crippen LogP contribution in [-0.4, -0.2) is 20.9 Å². The number of amides is 1. The maximum atomic E-state index is 12.1. The molecule has 0 saturated heterocycles. The molecule has 7 heteroatoms. The summed E-state index contributed by atoms with van der Waals surface area (Å²) in [4.78, 5) is 12.1. The Balaban J connectivity index is 1.85. The van der Waals surface area contributed by atoms with Crippen molar-refractivity contribution in [3.63, 3.8) is 0 Å². The fraction of sp³-hybridized carbons (Fsp3) is 0.188. The maximum Gasteiger partial charge on any atom is 0.291 e. The number of hydrogen-bond acceptors (Lipinski definition) is 4. The van der Waals surface area contributed by atoms with E-state index in [9.17, 15) is 4.79 Å². The Morgan fingerprint density at radius 1 is 1.30 bits per heavy atom. The summed E-state index contributed by atoms with van der Waals surface area (Å²) in [5, 5.41) is 10.9. The number of carbonyl (C=O) groups excluding carboxylic acids is 1. The number of hydrogen-bond donors (Lipinski definition) is 1. The molecule has 0 spiro atoms. The third-order valence-corrected chi connectivity index (χ3v) is 3.74. The van der Waals surface area contributed by atoms with Crippen LogP contribution in [0.4, 0.5) is 5.69 Å². The number of carbonyl (C=O) groups is 1. The van der Waals surface area contributed by atoms with Gasteiger partial charge in [-0.15, -0.1) is 5.10 Å². The summed E-state index contributed by atoms with van der Waals surface area (Å²) >= 11 is 3.18. The van der Waals surface area contributed by atoms with Crippen molar-refractivity contribution in [2.24, 2.45) is 0 Å². The average molecular weight is 375 g/mol. The highest BCUT2D eigenvalue weighted by atomic mass is 79.9. The molecule has 0 unspecified atom stereocenters. The van der Waals surface area contributed by atoms with Crippen LogP contribution in [0.1, 0.15) is 36.0 Å². The summed E-state index contributed by atoms with van der Waals surface area (Å²) in [6.07, 6.45) is 1.75. The summed E-state index contributed by atoms with van der Waals surface area (Å²) in [5.74, 6) is 0.227. The number of benzene rings is 1. The molecule has 2 aromatic heterocycles. The van der Waals surface area contributed by atoms with E-state index in [2.05, 4.69) is 45.4 Å². The molecule has 0 aliphatic carbocycles. The highest BCUT2D eigenvalue weighted by Gasteiger charge is 2.13. The fourth-order valence-corrected chi connectivity index (χ4v) is 2.49. The molecule has 2 heterocycles. The van der Waals surface area contributed by atoms with E-state index in [1.54, 1.807) is 23.0 Å². The summed E-state index contributed by atoms with van der Waals surface area (Å²) in [6.45, 7) is 4.16. The van der Waals surface area contributed by atoms with Crippen LogP contribution < -0.4 is 5.32 Å². The molecule has 118 valence electrons. The molecule has 1 aromatic carbocycles. The minimum atomic E-state index is -0.310. The molecular formula is C16H15BrN4O2. The van der Waals surface area contributed by atoms with Crippen molar-refractivity contribution in [3.8, 4) is 5.69 Å². The first-order chi connectivity index (χ1) is 11.0. The van der Waals surface area contributed by atoms with E-state index < -0.39 is 0 Å². The molecule has 3 aromatic rings. The first kappa shape index (κ1) is 15.5. The zero-order chi connectivity index (χ0) is 16.4. The van der Waals surface area contributed by atoms with E-state index >= 15 is 0 Å². The monoisotopic (exact) mass is 374 g/mol. The number of nitrogens with zero attached hydrogens (tertiary/aromatic N) is 3. The van der Waals surface area contributed by atoms with E-state index in [4.69, 9.17) is 4.42 Å². The lowest BCUT2D eigenvalue weighted by atomic mass is 10.1. The number of rotatable bonds is 4. The molecule has 0 bridgehead atoms. The topological polar surface area (TPSA) is 73.0 Å². The zero-order valence-corrected chi connectivity index (χ0v) is 14.2. The predicted octanol–water partition coefficient (Wildman–Crippen LogP) is 4.00. The molecule has 23 heavy (non-hydrogen) atoms. The standard InChI is InChI=1S/C16H15BrN4O2/c1-10(2)13-9-18-20-21(13)12-5-3-4-11(8-12)19-16(22)14-6-7-15(17)23-14/h3-10H,1-2H3,(H,19,22). The van der Waals surface area contributed by atoms with Crippen molar-refractivity contribution in [1.29, 1.82) is 0 Å². The maximum absolute atomic E-state index is 12.1. The van der Waals surface area contributed by atoms with Crippen LogP contribution in [0.25, 0.3) is 5.69 Å². The number of nitrogens with one attached hydrogen (secondary N) is 1. The lowest BCUT2D eigenvalue weighted by Gasteiger charge is -2.10. The molecule has 0 aliphatic heterocycles. The summed E-state index contributed by atoms with van der Waals surface area (Å²) in [6, 6.07) is 10.7. The van der Waals surface area contributed by atoms with Gasteiger partial charge in [0.25, 0.3) is 5.91 Å². The van der Waals surface area contributed by atoms with Gasteiger partial charge in [-0.3, -0.25) is 4.79 Å². The van der Waals surface area contributed by atoms with Crippen LogP contribution >= 0.6 is 15.9 Å². The van der Waals surface area contributed by atoms with Crippen LogP contribution in [0.5, 0.6) is 0 Å². The van der Waals surface area contributed by atoms with Gasteiger partial charge in [-0.25, -0.2) is 4.68 Å². The smallest absolute Gasteiger partial charge is 0.291 e. The number of anilines is 1. The summed E-state index contributed by atoms with van der Waals surface area (Å²) in [5.41, 5.74) is 2.50. The van der Waals surface area contributed by atoms with Gasteiger partial charge < -0.3 is 9.73 Å². The molecule has 0 aliphatic rings. The van der Waals surface area contributed by atoms with Crippen molar-refractivity contribution in [2.45, 2.75) is 19.8 Å². The first-order valence-corrected chi connectivity index (χ1v) is 7.91. The molecule has 0 saturated carbocycles. The third-order valence-electron chi connectivity index (χ3n) is 3.31. The van der Waals surface area contributed by atoms with Crippen molar-refractivity contribution in [1.82, 2.24) is 15.0 Å². The number of aromatic nitrogens is 3. The van der Waals surface area contributed by atoms with Crippen LogP contribution in [0, 0.1) is 0 Å². The Labute approximate surface area is 141 Å². The van der Waals surface area contributed by atoms with E-state index in [-0.39, 0.29) is 11.7 Å². The van der Waals surface area contributed by atoms with E-state index in [1.807, 2.05) is 24.3 Å². The number of halogens is 1. The van der Waals surface area contributed by atoms with Crippen LogP contribution in [0.3, 0.4) is 0 Å². The summed E-state index contributed by atoms with van der Waals surface area (Å²) < 4.78 is 7.53. The van der Waals surface area contributed by atoms with Gasteiger partial charge in [-0.05, 0) is 52.2 Å². The fourth-order valence-electron chi connectivity index (χ4n) is 2.18. The quantitative estimate of drug-likeness (QED) is 0.748. The highest BCUT2D eigenvalue weighted by molar-refractivity contribution is 9.10. The second kappa shape index (κ2) is 6.37. The Hall–Kier alpha value is -2.41. The van der Waals surface area contributed by atoms with Gasteiger partial charge in [-0.1, -0.05) is 25.1 Å². The van der Waals surface area contributed by atoms with Crippen LogP contribution in [0.15, 0.2) is 51.7 Å². The number of furan rings is 1. The molecule has 3 rings (SSSR count). The van der Waals surface area contributed by atoms with Crippen LogP contribution in [0.2, 0.25) is 0 Å². The van der Waals surface area contributed by atoms with Gasteiger partial charge >= 0.3 is 0 Å². The average Bonchev–Trinajstić information content (AvgIpc) is 3.16. The van der Waals surface area contributed by atoms with Gasteiger partial charge in [-0.2, -0.15) is 0 Å². The molecule has 1 N–H and O–H groups in total. The molecule has 0 fully saturated rings. The predicted molar refractivity (Wildman–Crippen MR) is 89.8 cm³/mol. The van der Waals surface area contributed by atoms with Gasteiger partial charge in [0.1, 0.15) is 0 Å². The first-order valence-electron chi connectivity index (χ1n) is 7.12. The van der Waals surface area contributed by atoms with E-state index in [0.29, 0.717) is 16.3 Å². The van der Waals surface area contributed by atoms with Gasteiger partial charge in [0.2, 0.25) is 0 Å². The van der Waals surface area contributed by atoms with Crippen molar-refractivity contribution >= 4 is 27.5 Å². The Morgan fingerprint density at radius 2 is 2.13 bits per heavy atom. The summed E-state index contributed by atoms with van der Waals surface area (Å²) in [7, 11) is 0. The normalized spacial score (nSPS) is 11.0. The molecular weight excluding hydrogens is 360 g/mol. The van der Waals surface area contributed by atoms with Crippen molar-refractivity contribution in [3.05, 3.63) is 58.7 Å². The SMILES string of the molecule is CC(C)c1cnnn1-c1cccc(NC(=O)c2ccc(Br)o2)c1. The molecule has 6 nitrogen and oxygen atoms in total. The van der Waals surface area contributed by atoms with E-state index in [1.165, 1.54) is 0 Å². The highest BCUT2D eigenvalue weighted by Crippen LogP contribution is 2.21. The molecule has 1 amide bonds. The largest absolute Gasteiger partial charge is 0.444 e. The van der Waals surface area contributed by atoms with Crippen molar-refractivity contribution in [2.75, 3.05) is 5.32 Å². The molecule has 0 radical (unpaired) electrons. The van der Waals surface area contributed by atoms with Gasteiger partial charge in [0.05, 0.1) is 17.6 Å². The lowest BCUT2D eigenvalue weighted by molar-refractivity contribution is 0.0995. The Bertz CT molecular complexity index is 838.